The maximum Gasteiger partial charge on any atom is 0.126 e. The lowest BCUT2D eigenvalue weighted by atomic mass is 9.95. The Morgan fingerprint density at radius 3 is 1.28 bits per heavy atom. The molecule has 0 bridgehead atoms. The van der Waals surface area contributed by atoms with Crippen LogP contribution in [0.2, 0.25) is 0 Å². The molecule has 2 rings (SSSR count). The summed E-state index contributed by atoms with van der Waals surface area (Å²) in [7, 11) is 0. The van der Waals surface area contributed by atoms with Crippen LogP contribution < -0.4 is 0 Å². The summed E-state index contributed by atoms with van der Waals surface area (Å²) in [4.78, 5) is 0. The van der Waals surface area contributed by atoms with E-state index in [-0.39, 0.29) is 11.5 Å². The van der Waals surface area contributed by atoms with Crippen LogP contribution in [0, 0.1) is 27.7 Å². The van der Waals surface area contributed by atoms with E-state index in [4.69, 9.17) is 0 Å². The van der Waals surface area contributed by atoms with Crippen LogP contribution in [0.15, 0.2) is 24.3 Å². The first kappa shape index (κ1) is 12.5. The highest BCUT2D eigenvalue weighted by Gasteiger charge is 2.14. The third-order valence-corrected chi connectivity index (χ3v) is 3.69. The van der Waals surface area contributed by atoms with Crippen molar-refractivity contribution in [3.05, 3.63) is 46.5 Å². The number of aromatic hydroxyl groups is 2. The second-order valence-corrected chi connectivity index (χ2v) is 4.81. The molecule has 0 fully saturated rings. The number of phenolic OH excluding ortho intramolecular Hbond substituents is 2. The van der Waals surface area contributed by atoms with E-state index in [2.05, 4.69) is 0 Å². The molecule has 0 spiro atoms. The van der Waals surface area contributed by atoms with Gasteiger partial charge in [-0.05, 0) is 49.9 Å². The van der Waals surface area contributed by atoms with Crippen LogP contribution >= 0.6 is 0 Å². The van der Waals surface area contributed by atoms with Gasteiger partial charge in [-0.1, -0.05) is 24.3 Å². The number of rotatable bonds is 1. The van der Waals surface area contributed by atoms with E-state index in [1.807, 2.05) is 52.0 Å². The summed E-state index contributed by atoms with van der Waals surface area (Å²) in [6.45, 7) is 7.68. The Morgan fingerprint density at radius 2 is 0.944 bits per heavy atom. The molecular formula is C16H18O2. The first-order chi connectivity index (χ1) is 8.43. The molecule has 0 aliphatic carbocycles. The highest BCUT2D eigenvalue weighted by molar-refractivity contribution is 5.78. The lowest BCUT2D eigenvalue weighted by Crippen LogP contribution is -1.89. The molecule has 0 radical (unpaired) electrons. The SMILES string of the molecule is Cc1ccc(-c2ccc(C)c(C)c2O)c(O)c1C. The summed E-state index contributed by atoms with van der Waals surface area (Å²) in [5.74, 6) is 0.488. The van der Waals surface area contributed by atoms with Crippen molar-refractivity contribution in [2.75, 3.05) is 0 Å². The second-order valence-electron chi connectivity index (χ2n) is 4.81. The molecule has 18 heavy (non-hydrogen) atoms. The van der Waals surface area contributed by atoms with Crippen LogP contribution in [0.25, 0.3) is 11.1 Å². The van der Waals surface area contributed by atoms with Crippen molar-refractivity contribution in [1.82, 2.24) is 0 Å². The molecule has 2 heteroatoms. The largest absolute Gasteiger partial charge is 0.507 e. The zero-order valence-electron chi connectivity index (χ0n) is 11.2. The standard InChI is InChI=1S/C16H18O2/c1-9-5-7-13(15(17)11(9)3)14-8-6-10(2)12(4)16(14)18/h5-8,17-18H,1-4H3. The molecule has 0 heterocycles. The van der Waals surface area contributed by atoms with Crippen LogP contribution in [0.5, 0.6) is 11.5 Å². The van der Waals surface area contributed by atoms with Gasteiger partial charge in [0.25, 0.3) is 0 Å². The molecule has 2 aromatic carbocycles. The van der Waals surface area contributed by atoms with E-state index in [0.29, 0.717) is 11.1 Å². The van der Waals surface area contributed by atoms with Gasteiger partial charge >= 0.3 is 0 Å². The van der Waals surface area contributed by atoms with Crippen molar-refractivity contribution in [1.29, 1.82) is 0 Å². The summed E-state index contributed by atoms with van der Waals surface area (Å²) < 4.78 is 0. The summed E-state index contributed by atoms with van der Waals surface area (Å²) >= 11 is 0. The van der Waals surface area contributed by atoms with E-state index in [9.17, 15) is 10.2 Å². The molecule has 0 saturated carbocycles. The third kappa shape index (κ3) is 1.84. The van der Waals surface area contributed by atoms with Gasteiger partial charge in [-0.3, -0.25) is 0 Å². The second kappa shape index (κ2) is 4.37. The van der Waals surface area contributed by atoms with Crippen LogP contribution in [0.4, 0.5) is 0 Å². The van der Waals surface area contributed by atoms with E-state index in [1.165, 1.54) is 0 Å². The van der Waals surface area contributed by atoms with Gasteiger partial charge in [0.15, 0.2) is 0 Å². The molecule has 2 N–H and O–H groups in total. The molecule has 0 saturated heterocycles. The van der Waals surface area contributed by atoms with Crippen molar-refractivity contribution in [3.63, 3.8) is 0 Å². The van der Waals surface area contributed by atoms with Crippen molar-refractivity contribution in [2.24, 2.45) is 0 Å². The van der Waals surface area contributed by atoms with Crippen molar-refractivity contribution < 1.29 is 10.2 Å². The van der Waals surface area contributed by atoms with Crippen LogP contribution in [0.3, 0.4) is 0 Å². The van der Waals surface area contributed by atoms with E-state index >= 15 is 0 Å². The number of hydrogen-bond acceptors (Lipinski definition) is 2. The molecule has 2 nitrogen and oxygen atoms in total. The zero-order valence-corrected chi connectivity index (χ0v) is 11.2. The van der Waals surface area contributed by atoms with Crippen LogP contribution in [0.1, 0.15) is 22.3 Å². The third-order valence-electron chi connectivity index (χ3n) is 3.69. The fraction of sp³-hybridized carbons (Fsp3) is 0.250. The minimum atomic E-state index is 0.244. The lowest BCUT2D eigenvalue weighted by molar-refractivity contribution is 0.464. The number of benzene rings is 2. The van der Waals surface area contributed by atoms with Gasteiger partial charge < -0.3 is 10.2 Å². The van der Waals surface area contributed by atoms with Crippen molar-refractivity contribution in [2.45, 2.75) is 27.7 Å². The van der Waals surface area contributed by atoms with E-state index < -0.39 is 0 Å². The van der Waals surface area contributed by atoms with Crippen molar-refractivity contribution in [3.8, 4) is 22.6 Å². The molecule has 0 amide bonds. The molecule has 0 unspecified atom stereocenters. The molecule has 2 aromatic rings. The van der Waals surface area contributed by atoms with Gasteiger partial charge in [-0.25, -0.2) is 0 Å². The average molecular weight is 242 g/mol. The molecule has 0 atom stereocenters. The van der Waals surface area contributed by atoms with Gasteiger partial charge in [0.1, 0.15) is 11.5 Å². The first-order valence-electron chi connectivity index (χ1n) is 6.02. The monoisotopic (exact) mass is 242 g/mol. The fourth-order valence-electron chi connectivity index (χ4n) is 2.04. The van der Waals surface area contributed by atoms with Gasteiger partial charge in [-0.15, -0.1) is 0 Å². The topological polar surface area (TPSA) is 40.5 Å². The van der Waals surface area contributed by atoms with Gasteiger partial charge in [-0.2, -0.15) is 0 Å². The van der Waals surface area contributed by atoms with E-state index in [1.54, 1.807) is 0 Å². The summed E-state index contributed by atoms with van der Waals surface area (Å²) in [6, 6.07) is 7.61. The predicted octanol–water partition coefficient (Wildman–Crippen LogP) is 4.00. The zero-order chi connectivity index (χ0) is 13.4. The maximum absolute atomic E-state index is 10.2. The minimum absolute atomic E-state index is 0.244. The van der Waals surface area contributed by atoms with Crippen molar-refractivity contribution >= 4 is 0 Å². The van der Waals surface area contributed by atoms with Crippen LogP contribution in [-0.2, 0) is 0 Å². The Kier molecular flexibility index (Phi) is 3.04. The molecular weight excluding hydrogens is 224 g/mol. The Hall–Kier alpha value is -1.96. The quantitative estimate of drug-likeness (QED) is 0.793. The van der Waals surface area contributed by atoms with Gasteiger partial charge in [0.05, 0.1) is 0 Å². The summed E-state index contributed by atoms with van der Waals surface area (Å²) in [5.41, 5.74) is 5.15. The Morgan fingerprint density at radius 1 is 0.611 bits per heavy atom. The average Bonchev–Trinajstić information content (AvgIpc) is 2.35. The summed E-state index contributed by atoms with van der Waals surface area (Å²) in [5, 5.41) is 20.4. The van der Waals surface area contributed by atoms with E-state index in [0.717, 1.165) is 22.3 Å². The number of aryl methyl sites for hydroxylation is 2. The highest BCUT2D eigenvalue weighted by Crippen LogP contribution is 2.40. The predicted molar refractivity (Wildman–Crippen MR) is 74.2 cm³/mol. The Labute approximate surface area is 108 Å². The van der Waals surface area contributed by atoms with Gasteiger partial charge in [0, 0.05) is 11.1 Å². The smallest absolute Gasteiger partial charge is 0.126 e. The Bertz CT molecular complexity index is 557. The summed E-state index contributed by atoms with van der Waals surface area (Å²) in [6.07, 6.45) is 0. The first-order valence-corrected chi connectivity index (χ1v) is 6.02. The maximum atomic E-state index is 10.2. The highest BCUT2D eigenvalue weighted by atomic mass is 16.3. The molecule has 0 aliphatic heterocycles. The fourth-order valence-corrected chi connectivity index (χ4v) is 2.04. The molecule has 0 aliphatic rings. The normalized spacial score (nSPS) is 10.7. The number of hydrogen-bond donors (Lipinski definition) is 2. The van der Waals surface area contributed by atoms with Crippen LogP contribution in [-0.4, -0.2) is 10.2 Å². The van der Waals surface area contributed by atoms with Gasteiger partial charge in [0.2, 0.25) is 0 Å². The lowest BCUT2D eigenvalue weighted by Gasteiger charge is -2.13. The molecule has 0 aromatic heterocycles. The Balaban J connectivity index is 2.71. The minimum Gasteiger partial charge on any atom is -0.507 e. The number of phenols is 2. The molecule has 94 valence electrons.